The first-order valence-electron chi connectivity index (χ1n) is 7.52. The lowest BCUT2D eigenvalue weighted by atomic mass is 10.1. The van der Waals surface area contributed by atoms with Crippen LogP contribution in [-0.2, 0) is 9.53 Å². The van der Waals surface area contributed by atoms with Crippen LogP contribution in [0.3, 0.4) is 0 Å². The van der Waals surface area contributed by atoms with Gasteiger partial charge in [-0.05, 0) is 32.0 Å². The van der Waals surface area contributed by atoms with E-state index in [1.54, 1.807) is 0 Å². The average molecular weight is 382 g/mol. The molecule has 0 aliphatic heterocycles. The number of nitrogens with one attached hydrogen (secondary N) is 1. The van der Waals surface area contributed by atoms with E-state index in [2.05, 4.69) is 0 Å². The summed E-state index contributed by atoms with van der Waals surface area (Å²) in [4.78, 5) is 34.3. The van der Waals surface area contributed by atoms with Crippen LogP contribution in [0.2, 0.25) is 0 Å². The largest absolute Gasteiger partial charge is 0.449 e. The van der Waals surface area contributed by atoms with Gasteiger partial charge >= 0.3 is 5.97 Å². The van der Waals surface area contributed by atoms with Crippen molar-refractivity contribution in [2.24, 2.45) is 0 Å². The minimum Gasteiger partial charge on any atom is -0.449 e. The molecule has 0 saturated carbocycles. The summed E-state index contributed by atoms with van der Waals surface area (Å²) in [7, 11) is 0. The van der Waals surface area contributed by atoms with Gasteiger partial charge in [-0.25, -0.2) is 18.0 Å². The highest BCUT2D eigenvalue weighted by atomic mass is 19.2. The van der Waals surface area contributed by atoms with Crippen LogP contribution in [0.1, 0.15) is 22.8 Å². The third-order valence-corrected chi connectivity index (χ3v) is 3.59. The van der Waals surface area contributed by atoms with Crippen LogP contribution in [0.15, 0.2) is 30.3 Å². The van der Waals surface area contributed by atoms with Gasteiger partial charge in [0, 0.05) is 11.6 Å². The zero-order valence-electron chi connectivity index (χ0n) is 14.1. The average Bonchev–Trinajstić information content (AvgIpc) is 2.62. The zero-order chi connectivity index (χ0) is 20.3. The summed E-state index contributed by atoms with van der Waals surface area (Å²) in [6, 6.07) is 5.05. The second-order valence-electron chi connectivity index (χ2n) is 5.52. The first-order chi connectivity index (χ1) is 12.6. The smallest absolute Gasteiger partial charge is 0.339 e. The number of nitro benzene ring substituents is 1. The molecule has 0 heterocycles. The molecule has 27 heavy (non-hydrogen) atoms. The van der Waals surface area contributed by atoms with Crippen LogP contribution in [0.4, 0.5) is 24.5 Å². The van der Waals surface area contributed by atoms with E-state index in [4.69, 9.17) is 4.74 Å². The van der Waals surface area contributed by atoms with E-state index in [0.29, 0.717) is 11.6 Å². The van der Waals surface area contributed by atoms with E-state index < -0.39 is 46.0 Å². The molecule has 7 nitrogen and oxygen atoms in total. The number of anilines is 1. The molecule has 0 radical (unpaired) electrons. The number of nitro groups is 1. The third-order valence-electron chi connectivity index (χ3n) is 3.59. The van der Waals surface area contributed by atoms with E-state index in [1.165, 1.54) is 19.1 Å². The first-order valence-corrected chi connectivity index (χ1v) is 7.52. The molecule has 0 spiro atoms. The van der Waals surface area contributed by atoms with Crippen LogP contribution in [-0.4, -0.2) is 22.9 Å². The van der Waals surface area contributed by atoms with Gasteiger partial charge in [0.05, 0.1) is 16.2 Å². The number of ether oxygens (including phenoxy) is 1. The Bertz CT molecular complexity index is 933. The molecular formula is C17H13F3N2O5. The second-order valence-corrected chi connectivity index (χ2v) is 5.52. The number of carbonyl (C=O) groups excluding carboxylic acids is 2. The number of hydrogen-bond donors (Lipinski definition) is 1. The summed E-state index contributed by atoms with van der Waals surface area (Å²) in [5.41, 5.74) is -0.764. The standard InChI is InChI=1S/C17H13F3N2O5/c1-8-3-4-10(7-13(8)22(25)26)17(24)27-9(2)16(23)21-12-6-5-11(18)14(19)15(12)20/h3-7,9H,1-2H3,(H,21,23)/t9-/m0/s1. The maximum Gasteiger partial charge on any atom is 0.339 e. The van der Waals surface area contributed by atoms with Gasteiger partial charge in [-0.3, -0.25) is 14.9 Å². The minimum atomic E-state index is -1.76. The molecule has 0 bridgehead atoms. The number of benzene rings is 2. The lowest BCUT2D eigenvalue weighted by Crippen LogP contribution is -2.30. The van der Waals surface area contributed by atoms with Gasteiger partial charge in [-0.1, -0.05) is 6.07 Å². The highest BCUT2D eigenvalue weighted by molar-refractivity contribution is 5.97. The molecule has 0 aliphatic carbocycles. The number of nitrogens with zero attached hydrogens (tertiary/aromatic N) is 1. The quantitative estimate of drug-likeness (QED) is 0.369. The maximum atomic E-state index is 13.6. The Morgan fingerprint density at radius 2 is 1.81 bits per heavy atom. The molecule has 0 unspecified atom stereocenters. The van der Waals surface area contributed by atoms with Gasteiger partial charge in [-0.2, -0.15) is 0 Å². The van der Waals surface area contributed by atoms with E-state index in [1.807, 2.05) is 5.32 Å². The van der Waals surface area contributed by atoms with Crippen molar-refractivity contribution >= 4 is 23.3 Å². The van der Waals surface area contributed by atoms with Gasteiger partial charge in [0.1, 0.15) is 0 Å². The van der Waals surface area contributed by atoms with Crippen molar-refractivity contribution < 1.29 is 32.4 Å². The van der Waals surface area contributed by atoms with Crippen LogP contribution in [0.5, 0.6) is 0 Å². The normalized spacial score (nSPS) is 11.6. The van der Waals surface area contributed by atoms with Gasteiger partial charge in [0.25, 0.3) is 11.6 Å². The summed E-state index contributed by atoms with van der Waals surface area (Å²) in [5.74, 6) is -6.81. The molecular weight excluding hydrogens is 369 g/mol. The topological polar surface area (TPSA) is 98.5 Å². The van der Waals surface area contributed by atoms with Crippen LogP contribution >= 0.6 is 0 Å². The highest BCUT2D eigenvalue weighted by Crippen LogP contribution is 2.21. The molecule has 142 valence electrons. The summed E-state index contributed by atoms with van der Waals surface area (Å²) in [6.45, 7) is 2.65. The number of amides is 1. The summed E-state index contributed by atoms with van der Waals surface area (Å²) >= 11 is 0. The number of esters is 1. The summed E-state index contributed by atoms with van der Waals surface area (Å²) < 4.78 is 44.5. The Morgan fingerprint density at radius 3 is 2.44 bits per heavy atom. The molecule has 2 aromatic rings. The number of aryl methyl sites for hydroxylation is 1. The lowest BCUT2D eigenvalue weighted by molar-refractivity contribution is -0.385. The van der Waals surface area contributed by atoms with Gasteiger partial charge in [0.2, 0.25) is 0 Å². The van der Waals surface area contributed by atoms with Crippen molar-refractivity contribution in [3.63, 3.8) is 0 Å². The molecule has 0 fully saturated rings. The predicted octanol–water partition coefficient (Wildman–Crippen LogP) is 3.50. The van der Waals surface area contributed by atoms with Crippen LogP contribution in [0, 0.1) is 34.5 Å². The van der Waals surface area contributed by atoms with Crippen molar-refractivity contribution in [3.8, 4) is 0 Å². The Hall–Kier alpha value is -3.43. The molecule has 1 N–H and O–H groups in total. The van der Waals surface area contributed by atoms with Crippen molar-refractivity contribution in [1.82, 2.24) is 0 Å². The van der Waals surface area contributed by atoms with Gasteiger partial charge < -0.3 is 10.1 Å². The van der Waals surface area contributed by atoms with Crippen molar-refractivity contribution in [2.75, 3.05) is 5.32 Å². The molecule has 2 aromatic carbocycles. The predicted molar refractivity (Wildman–Crippen MR) is 87.7 cm³/mol. The van der Waals surface area contributed by atoms with Crippen molar-refractivity contribution in [1.29, 1.82) is 0 Å². The van der Waals surface area contributed by atoms with Crippen molar-refractivity contribution in [2.45, 2.75) is 20.0 Å². The highest BCUT2D eigenvalue weighted by Gasteiger charge is 2.23. The SMILES string of the molecule is Cc1ccc(C(=O)O[C@@H](C)C(=O)Nc2ccc(F)c(F)c2F)cc1[N+](=O)[O-]. The maximum absolute atomic E-state index is 13.6. The molecule has 1 amide bonds. The molecule has 0 aromatic heterocycles. The van der Waals surface area contributed by atoms with Gasteiger partial charge in [-0.15, -0.1) is 0 Å². The number of halogens is 3. The van der Waals surface area contributed by atoms with Gasteiger partial charge in [0.15, 0.2) is 23.6 Å². The fourth-order valence-corrected chi connectivity index (χ4v) is 2.07. The van der Waals surface area contributed by atoms with Crippen LogP contribution in [0.25, 0.3) is 0 Å². The Labute approximate surface area is 150 Å². The summed E-state index contributed by atoms with van der Waals surface area (Å²) in [6.07, 6.45) is -1.44. The molecule has 0 saturated heterocycles. The minimum absolute atomic E-state index is 0.161. The number of rotatable bonds is 5. The number of carbonyl (C=O) groups is 2. The molecule has 10 heteroatoms. The van der Waals surface area contributed by atoms with E-state index in [9.17, 15) is 32.9 Å². The fraction of sp³-hybridized carbons (Fsp3) is 0.176. The lowest BCUT2D eigenvalue weighted by Gasteiger charge is -2.14. The Kier molecular flexibility index (Phi) is 5.78. The van der Waals surface area contributed by atoms with E-state index in [0.717, 1.165) is 19.1 Å². The third kappa shape index (κ3) is 4.40. The molecule has 2 rings (SSSR count). The van der Waals surface area contributed by atoms with Crippen LogP contribution < -0.4 is 5.32 Å². The Morgan fingerprint density at radius 1 is 1.15 bits per heavy atom. The summed E-state index contributed by atoms with van der Waals surface area (Å²) in [5, 5.41) is 12.9. The first kappa shape index (κ1) is 19.9. The van der Waals surface area contributed by atoms with Crippen molar-refractivity contribution in [3.05, 3.63) is 69.0 Å². The second kappa shape index (κ2) is 7.85. The molecule has 0 aliphatic rings. The zero-order valence-corrected chi connectivity index (χ0v) is 14.1. The monoisotopic (exact) mass is 382 g/mol. The van der Waals surface area contributed by atoms with E-state index in [-0.39, 0.29) is 11.3 Å². The number of hydrogen-bond acceptors (Lipinski definition) is 5. The fourth-order valence-electron chi connectivity index (χ4n) is 2.07. The Balaban J connectivity index is 2.10. The van der Waals surface area contributed by atoms with E-state index >= 15 is 0 Å². The molecule has 1 atom stereocenters.